The van der Waals surface area contributed by atoms with Crippen LogP contribution >= 0.6 is 34.8 Å². The molecule has 26 heavy (non-hydrogen) atoms. The van der Waals surface area contributed by atoms with Gasteiger partial charge in [0.15, 0.2) is 0 Å². The molecular weight excluding hydrogens is 446 g/mol. The van der Waals surface area contributed by atoms with E-state index in [1.807, 2.05) is 0 Å². The van der Waals surface area contributed by atoms with Gasteiger partial charge in [0.2, 0.25) is 11.7 Å². The number of aromatic nitrogens is 2. The van der Waals surface area contributed by atoms with Crippen LogP contribution in [0.4, 0.5) is 18.9 Å². The summed E-state index contributed by atoms with van der Waals surface area (Å²) in [5.74, 6) is -3.16. The van der Waals surface area contributed by atoms with Crippen LogP contribution in [0.5, 0.6) is 0 Å². The largest absolute Gasteiger partial charge is 0.471 e. The molecule has 1 aromatic carbocycles. The molecule has 2 aromatic rings. The van der Waals surface area contributed by atoms with Gasteiger partial charge in [0.25, 0.3) is 10.0 Å². The minimum atomic E-state index is -4.89. The predicted octanol–water partition coefficient (Wildman–Crippen LogP) is 3.94. The molecule has 142 valence electrons. The summed E-state index contributed by atoms with van der Waals surface area (Å²) in [5, 5.41) is 1.76. The zero-order valence-electron chi connectivity index (χ0n) is 12.5. The van der Waals surface area contributed by atoms with E-state index in [9.17, 15) is 26.4 Å². The summed E-state index contributed by atoms with van der Waals surface area (Å²) in [6.45, 7) is 0.935. The molecule has 0 bridgehead atoms. The van der Waals surface area contributed by atoms with Gasteiger partial charge in [-0.05, 0) is 12.1 Å². The van der Waals surface area contributed by atoms with E-state index < -0.39 is 39.0 Å². The lowest BCUT2D eigenvalue weighted by Crippen LogP contribution is -2.36. The zero-order valence-corrected chi connectivity index (χ0v) is 15.6. The first-order valence-electron chi connectivity index (χ1n) is 6.38. The molecule has 0 atom stereocenters. The Morgan fingerprint density at radius 2 is 1.88 bits per heavy atom. The molecule has 0 aliphatic rings. The summed E-state index contributed by atoms with van der Waals surface area (Å²) >= 11 is 17.2. The smallest absolute Gasteiger partial charge is 0.329 e. The highest BCUT2D eigenvalue weighted by molar-refractivity contribution is 7.94. The lowest BCUT2D eigenvalue weighted by molar-refractivity contribution is -0.159. The fourth-order valence-corrected chi connectivity index (χ4v) is 3.71. The average Bonchev–Trinajstić information content (AvgIpc) is 2.99. The highest BCUT2D eigenvalue weighted by Gasteiger charge is 2.39. The van der Waals surface area contributed by atoms with Crippen molar-refractivity contribution >= 4 is 56.4 Å². The minimum Gasteiger partial charge on any atom is -0.329 e. The van der Waals surface area contributed by atoms with Crippen LogP contribution in [-0.4, -0.2) is 29.7 Å². The van der Waals surface area contributed by atoms with Crippen molar-refractivity contribution in [2.24, 2.45) is 0 Å². The van der Waals surface area contributed by atoms with Crippen molar-refractivity contribution in [3.63, 3.8) is 0 Å². The highest BCUT2D eigenvalue weighted by Crippen LogP contribution is 2.38. The van der Waals surface area contributed by atoms with E-state index in [0.29, 0.717) is 4.31 Å². The molecule has 0 unspecified atom stereocenters. The van der Waals surface area contributed by atoms with Gasteiger partial charge in [-0.1, -0.05) is 28.4 Å². The summed E-state index contributed by atoms with van der Waals surface area (Å²) in [5.41, 5.74) is -0.612. The normalized spacial score (nSPS) is 12.3. The summed E-state index contributed by atoms with van der Waals surface area (Å²) in [6, 6.07) is 1.97. The van der Waals surface area contributed by atoms with E-state index >= 15 is 0 Å². The maximum atomic E-state index is 12.6. The summed E-state index contributed by atoms with van der Waals surface area (Å²) in [6.07, 6.45) is -4.89. The molecule has 0 radical (unpaired) electrons. The first-order valence-corrected chi connectivity index (χ1v) is 9.28. The number of anilines is 1. The third-order valence-electron chi connectivity index (χ3n) is 2.87. The summed E-state index contributed by atoms with van der Waals surface area (Å²) in [4.78, 5) is 14.9. The number of hydrogen-bond donors (Lipinski definition) is 0. The SMILES string of the molecule is CC(=O)N(c1cc(-c2noc(C(F)(F)F)n2)c(Cl)cc1Cl)S(=O)(=O)CCl. The predicted molar refractivity (Wildman–Crippen MR) is 87.6 cm³/mol. The van der Waals surface area contributed by atoms with Crippen LogP contribution in [0.2, 0.25) is 10.0 Å². The molecule has 1 aromatic heterocycles. The van der Waals surface area contributed by atoms with Crippen molar-refractivity contribution in [2.45, 2.75) is 13.1 Å². The van der Waals surface area contributed by atoms with Crippen molar-refractivity contribution in [2.75, 3.05) is 9.52 Å². The van der Waals surface area contributed by atoms with Gasteiger partial charge < -0.3 is 4.52 Å². The Morgan fingerprint density at radius 1 is 1.27 bits per heavy atom. The molecule has 0 aliphatic heterocycles. The van der Waals surface area contributed by atoms with Crippen molar-refractivity contribution in [1.82, 2.24) is 10.1 Å². The molecule has 0 spiro atoms. The summed E-state index contributed by atoms with van der Waals surface area (Å²) < 4.78 is 66.3. The van der Waals surface area contributed by atoms with Crippen LogP contribution in [0.25, 0.3) is 11.4 Å². The number of rotatable bonds is 4. The molecule has 14 heteroatoms. The van der Waals surface area contributed by atoms with Gasteiger partial charge in [0.1, 0.15) is 5.21 Å². The van der Waals surface area contributed by atoms with Crippen LogP contribution < -0.4 is 4.31 Å². The molecule has 0 aliphatic carbocycles. The second-order valence-corrected chi connectivity index (χ2v) is 7.93. The number of amides is 1. The number of hydrogen-bond acceptors (Lipinski definition) is 6. The molecule has 2 rings (SSSR count). The maximum Gasteiger partial charge on any atom is 0.471 e. The van der Waals surface area contributed by atoms with Crippen molar-refractivity contribution in [3.8, 4) is 11.4 Å². The van der Waals surface area contributed by atoms with Gasteiger partial charge >= 0.3 is 12.1 Å². The Hall–Kier alpha value is -1.56. The number of benzene rings is 1. The lowest BCUT2D eigenvalue weighted by Gasteiger charge is -2.21. The Morgan fingerprint density at radius 3 is 2.35 bits per heavy atom. The highest BCUT2D eigenvalue weighted by atomic mass is 35.5. The van der Waals surface area contributed by atoms with E-state index in [1.165, 1.54) is 0 Å². The Bertz CT molecular complexity index is 962. The van der Waals surface area contributed by atoms with E-state index in [2.05, 4.69) is 14.7 Å². The standard InChI is InChI=1S/C12H7Cl3F3N3O4S/c1-5(22)21(26(23,24)4-13)9-2-6(7(14)3-8(9)15)10-19-11(25-20-10)12(16,17)18/h2-3H,4H2,1H3. The van der Waals surface area contributed by atoms with E-state index in [4.69, 9.17) is 34.8 Å². The average molecular weight is 453 g/mol. The Kier molecular flexibility index (Phi) is 5.76. The van der Waals surface area contributed by atoms with Gasteiger partial charge in [0.05, 0.1) is 15.7 Å². The second kappa shape index (κ2) is 7.22. The first kappa shape index (κ1) is 20.7. The first-order chi connectivity index (χ1) is 11.9. The third-order valence-corrected chi connectivity index (χ3v) is 5.60. The molecule has 1 amide bonds. The fourth-order valence-electron chi connectivity index (χ4n) is 1.88. The zero-order chi connectivity index (χ0) is 19.9. The van der Waals surface area contributed by atoms with Crippen LogP contribution in [-0.2, 0) is 21.0 Å². The van der Waals surface area contributed by atoms with Gasteiger partial charge in [-0.2, -0.15) is 18.2 Å². The molecule has 1 heterocycles. The van der Waals surface area contributed by atoms with Gasteiger partial charge in [-0.25, -0.2) is 12.7 Å². The molecule has 0 fully saturated rings. The number of halogens is 6. The minimum absolute atomic E-state index is 0.194. The fraction of sp³-hybridized carbons (Fsp3) is 0.250. The Balaban J connectivity index is 2.67. The van der Waals surface area contributed by atoms with Crippen molar-refractivity contribution in [3.05, 3.63) is 28.1 Å². The number of carbonyl (C=O) groups excluding carboxylic acids is 1. The van der Waals surface area contributed by atoms with Crippen LogP contribution in [0.3, 0.4) is 0 Å². The number of alkyl halides is 4. The second-order valence-electron chi connectivity index (χ2n) is 4.71. The molecule has 0 N–H and O–H groups in total. The van der Waals surface area contributed by atoms with E-state index in [1.54, 1.807) is 0 Å². The van der Waals surface area contributed by atoms with E-state index in [0.717, 1.165) is 19.1 Å². The van der Waals surface area contributed by atoms with Gasteiger partial charge in [-0.3, -0.25) is 4.79 Å². The van der Waals surface area contributed by atoms with Crippen molar-refractivity contribution in [1.29, 1.82) is 0 Å². The van der Waals surface area contributed by atoms with Crippen LogP contribution in [0.15, 0.2) is 16.7 Å². The van der Waals surface area contributed by atoms with Gasteiger partial charge in [-0.15, -0.1) is 11.6 Å². The molecule has 0 saturated heterocycles. The lowest BCUT2D eigenvalue weighted by atomic mass is 10.2. The van der Waals surface area contributed by atoms with Crippen LogP contribution in [0.1, 0.15) is 12.8 Å². The van der Waals surface area contributed by atoms with E-state index in [-0.39, 0.29) is 21.3 Å². The summed E-state index contributed by atoms with van der Waals surface area (Å²) in [7, 11) is -4.29. The van der Waals surface area contributed by atoms with Crippen LogP contribution in [0, 0.1) is 0 Å². The number of nitrogens with zero attached hydrogens (tertiary/aromatic N) is 3. The van der Waals surface area contributed by atoms with Crippen molar-refractivity contribution < 1.29 is 30.9 Å². The Labute approximate surface area is 159 Å². The quantitative estimate of drug-likeness (QED) is 0.652. The van der Waals surface area contributed by atoms with Gasteiger partial charge in [0, 0.05) is 12.5 Å². The number of carbonyl (C=O) groups is 1. The third kappa shape index (κ3) is 4.05. The topological polar surface area (TPSA) is 93.4 Å². The molecule has 0 saturated carbocycles. The number of sulfonamides is 1. The maximum absolute atomic E-state index is 12.6. The molecule has 7 nitrogen and oxygen atoms in total. The molecular formula is C12H7Cl3F3N3O4S. The monoisotopic (exact) mass is 451 g/mol.